The average Bonchev–Trinajstić information content (AvgIpc) is 2.17. The van der Waals surface area contributed by atoms with E-state index in [0.717, 1.165) is 19.3 Å². The number of likely N-dealkylation sites (N-methyl/N-ethyl adjacent to an activating group) is 1. The normalized spacial score (nSPS) is 34.5. The number of methoxy groups -OCH3 is 1. The molecule has 74 valence electrons. The zero-order chi connectivity index (χ0) is 9.90. The predicted molar refractivity (Wildman–Crippen MR) is 51.3 cm³/mol. The van der Waals surface area contributed by atoms with Gasteiger partial charge in [-0.3, -0.25) is 4.90 Å². The number of rotatable bonds is 2. The molecule has 0 aliphatic heterocycles. The summed E-state index contributed by atoms with van der Waals surface area (Å²) >= 11 is 0. The van der Waals surface area contributed by atoms with Gasteiger partial charge in [-0.15, -0.1) is 0 Å². The van der Waals surface area contributed by atoms with Crippen molar-refractivity contribution in [2.45, 2.75) is 37.3 Å². The molecule has 3 heteroatoms. The Kier molecular flexibility index (Phi) is 3.29. The summed E-state index contributed by atoms with van der Waals surface area (Å²) in [4.78, 5) is 2.00. The topological polar surface area (TPSA) is 36.3 Å². The fraction of sp³-hybridized carbons (Fsp3) is 0.900. The Morgan fingerprint density at radius 3 is 2.54 bits per heavy atom. The Hall–Kier alpha value is -0.590. The third kappa shape index (κ3) is 1.70. The summed E-state index contributed by atoms with van der Waals surface area (Å²) < 4.78 is 5.40. The van der Waals surface area contributed by atoms with E-state index < -0.39 is 5.54 Å². The molecular weight excluding hydrogens is 164 g/mol. The molecule has 0 aromatic rings. The van der Waals surface area contributed by atoms with Gasteiger partial charge in [0.25, 0.3) is 0 Å². The van der Waals surface area contributed by atoms with Crippen molar-refractivity contribution < 1.29 is 4.74 Å². The maximum absolute atomic E-state index is 9.24. The summed E-state index contributed by atoms with van der Waals surface area (Å²) in [6.07, 6.45) is 4.31. The quantitative estimate of drug-likeness (QED) is 0.647. The fourth-order valence-electron chi connectivity index (χ4n) is 2.18. The van der Waals surface area contributed by atoms with E-state index in [1.54, 1.807) is 7.11 Å². The van der Waals surface area contributed by atoms with E-state index in [0.29, 0.717) is 0 Å². The molecule has 1 rings (SSSR count). The lowest BCUT2D eigenvalue weighted by Gasteiger charge is -2.42. The van der Waals surface area contributed by atoms with Crippen molar-refractivity contribution in [3.8, 4) is 6.07 Å². The van der Waals surface area contributed by atoms with Crippen LogP contribution in [0.3, 0.4) is 0 Å². The highest BCUT2D eigenvalue weighted by Crippen LogP contribution is 2.33. The summed E-state index contributed by atoms with van der Waals surface area (Å²) in [5.74, 6) is 0. The van der Waals surface area contributed by atoms with Crippen LogP contribution in [0.25, 0.3) is 0 Å². The number of ether oxygens (including phenoxy) is 1. The molecule has 0 saturated heterocycles. The lowest BCUT2D eigenvalue weighted by atomic mass is 9.79. The summed E-state index contributed by atoms with van der Waals surface area (Å²) in [6, 6.07) is 2.42. The largest absolute Gasteiger partial charge is 0.378 e. The molecule has 2 unspecified atom stereocenters. The van der Waals surface area contributed by atoms with Crippen molar-refractivity contribution in [1.29, 1.82) is 5.26 Å². The second kappa shape index (κ2) is 4.08. The minimum Gasteiger partial charge on any atom is -0.378 e. The van der Waals surface area contributed by atoms with E-state index in [1.165, 1.54) is 6.42 Å². The van der Waals surface area contributed by atoms with E-state index in [-0.39, 0.29) is 6.10 Å². The van der Waals surface area contributed by atoms with Crippen LogP contribution in [-0.4, -0.2) is 37.7 Å². The van der Waals surface area contributed by atoms with E-state index in [1.807, 2.05) is 19.0 Å². The minimum absolute atomic E-state index is 0.0706. The van der Waals surface area contributed by atoms with Gasteiger partial charge in [-0.2, -0.15) is 5.26 Å². The van der Waals surface area contributed by atoms with Gasteiger partial charge in [-0.1, -0.05) is 12.8 Å². The summed E-state index contributed by atoms with van der Waals surface area (Å²) in [6.45, 7) is 0. The van der Waals surface area contributed by atoms with Gasteiger partial charge in [0, 0.05) is 7.11 Å². The summed E-state index contributed by atoms with van der Waals surface area (Å²) in [7, 11) is 5.62. The molecule has 3 nitrogen and oxygen atoms in total. The third-order valence-electron chi connectivity index (χ3n) is 3.08. The van der Waals surface area contributed by atoms with Crippen LogP contribution in [0, 0.1) is 11.3 Å². The third-order valence-corrected chi connectivity index (χ3v) is 3.08. The molecular formula is C10H18N2O. The Balaban J connectivity index is 2.86. The van der Waals surface area contributed by atoms with Crippen molar-refractivity contribution in [2.75, 3.05) is 21.2 Å². The van der Waals surface area contributed by atoms with Crippen molar-refractivity contribution >= 4 is 0 Å². The number of hydrogen-bond acceptors (Lipinski definition) is 3. The maximum atomic E-state index is 9.24. The molecule has 1 fully saturated rings. The van der Waals surface area contributed by atoms with E-state index in [9.17, 15) is 5.26 Å². The van der Waals surface area contributed by atoms with Gasteiger partial charge in [0.2, 0.25) is 0 Å². The first-order valence-electron chi connectivity index (χ1n) is 4.79. The first kappa shape index (κ1) is 10.5. The van der Waals surface area contributed by atoms with Gasteiger partial charge < -0.3 is 4.74 Å². The van der Waals surface area contributed by atoms with Crippen LogP contribution in [0.1, 0.15) is 25.7 Å². The zero-order valence-corrected chi connectivity index (χ0v) is 8.71. The molecule has 1 aliphatic carbocycles. The Bertz CT molecular complexity index is 209. The molecule has 0 bridgehead atoms. The van der Waals surface area contributed by atoms with Gasteiger partial charge >= 0.3 is 0 Å². The van der Waals surface area contributed by atoms with E-state index in [2.05, 4.69) is 6.07 Å². The lowest BCUT2D eigenvalue weighted by molar-refractivity contribution is -0.0306. The lowest BCUT2D eigenvalue weighted by Crippen LogP contribution is -2.55. The van der Waals surface area contributed by atoms with Crippen molar-refractivity contribution in [2.24, 2.45) is 0 Å². The molecule has 0 heterocycles. The van der Waals surface area contributed by atoms with Crippen LogP contribution in [0.2, 0.25) is 0 Å². The van der Waals surface area contributed by atoms with Crippen LogP contribution < -0.4 is 0 Å². The SMILES string of the molecule is COC1CCCCC1(C#N)N(C)C. The first-order valence-corrected chi connectivity index (χ1v) is 4.79. The molecule has 0 amide bonds. The maximum Gasteiger partial charge on any atom is 0.135 e. The highest BCUT2D eigenvalue weighted by Gasteiger charge is 2.43. The van der Waals surface area contributed by atoms with Gasteiger partial charge in [-0.25, -0.2) is 0 Å². The van der Waals surface area contributed by atoms with Gasteiger partial charge in [-0.05, 0) is 26.9 Å². The standard InChI is InChI=1S/C10H18N2O/c1-12(2)10(8-11)7-5-4-6-9(10)13-3/h9H,4-7H2,1-3H3. The second-order valence-electron chi connectivity index (χ2n) is 3.90. The molecule has 0 aromatic carbocycles. The van der Waals surface area contributed by atoms with E-state index in [4.69, 9.17) is 4.74 Å². The number of nitrogens with zero attached hydrogens (tertiary/aromatic N) is 2. The summed E-state index contributed by atoms with van der Waals surface area (Å²) in [5, 5.41) is 9.24. The number of nitriles is 1. The van der Waals surface area contributed by atoms with E-state index >= 15 is 0 Å². The smallest absolute Gasteiger partial charge is 0.135 e. The molecule has 0 aromatic heterocycles. The van der Waals surface area contributed by atoms with Crippen molar-refractivity contribution in [3.05, 3.63) is 0 Å². The zero-order valence-electron chi connectivity index (χ0n) is 8.71. The minimum atomic E-state index is -0.396. The molecule has 0 N–H and O–H groups in total. The Morgan fingerprint density at radius 2 is 2.15 bits per heavy atom. The predicted octanol–water partition coefficient (Wildman–Crippen LogP) is 1.40. The molecule has 0 spiro atoms. The Morgan fingerprint density at radius 1 is 1.46 bits per heavy atom. The molecule has 0 radical (unpaired) electrons. The fourth-order valence-corrected chi connectivity index (χ4v) is 2.18. The van der Waals surface area contributed by atoms with Gasteiger partial charge in [0.1, 0.15) is 5.54 Å². The molecule has 13 heavy (non-hydrogen) atoms. The summed E-state index contributed by atoms with van der Waals surface area (Å²) in [5.41, 5.74) is -0.396. The van der Waals surface area contributed by atoms with Gasteiger partial charge in [0.05, 0.1) is 12.2 Å². The molecule has 1 saturated carbocycles. The highest BCUT2D eigenvalue weighted by atomic mass is 16.5. The van der Waals surface area contributed by atoms with Crippen LogP contribution in [-0.2, 0) is 4.74 Å². The molecule has 1 aliphatic rings. The Labute approximate surface area is 80.3 Å². The van der Waals surface area contributed by atoms with Crippen LogP contribution in [0.4, 0.5) is 0 Å². The average molecular weight is 182 g/mol. The van der Waals surface area contributed by atoms with Crippen molar-refractivity contribution in [3.63, 3.8) is 0 Å². The monoisotopic (exact) mass is 182 g/mol. The van der Waals surface area contributed by atoms with Crippen LogP contribution >= 0.6 is 0 Å². The second-order valence-corrected chi connectivity index (χ2v) is 3.90. The number of hydrogen-bond donors (Lipinski definition) is 0. The van der Waals surface area contributed by atoms with Crippen LogP contribution in [0.5, 0.6) is 0 Å². The highest BCUT2D eigenvalue weighted by molar-refractivity contribution is 5.13. The van der Waals surface area contributed by atoms with Gasteiger partial charge in [0.15, 0.2) is 0 Å². The first-order chi connectivity index (χ1) is 6.17. The van der Waals surface area contributed by atoms with Crippen LogP contribution in [0.15, 0.2) is 0 Å². The van der Waals surface area contributed by atoms with Crippen molar-refractivity contribution in [1.82, 2.24) is 4.90 Å². The molecule has 2 atom stereocenters.